The van der Waals surface area contributed by atoms with Crippen LogP contribution in [0.15, 0.2) is 85.0 Å². The Morgan fingerprint density at radius 3 is 1.10 bits per heavy atom. The summed E-state index contributed by atoms with van der Waals surface area (Å²) >= 11 is 0. The van der Waals surface area contributed by atoms with Crippen molar-refractivity contribution in [2.45, 2.75) is 204 Å². The molecular formula is C58H82F4O. The Hall–Kier alpha value is -2.92. The maximum atomic E-state index is 15.0. The summed E-state index contributed by atoms with van der Waals surface area (Å²) in [6.45, 7) is 5.58. The molecular weight excluding hydrogens is 789 g/mol. The standard InChI is InChI=1S/C58H82F4O/c1-3-5-7-9-11-13-15-19-33-55(35-21-17-22-36-55)57(49-25-27-51(59)53(61)43-49)39-29-47(30-40-57)45-63-46-48-31-41-58(42-32-48,50-26-28-52(60)54(62)44-50)56(37-23-18-24-38-56)34-20-16-14-12-10-8-6-4-2/h25-32,39-44,47-48H,3-24,33-38,45-46H2,1-2H3. The van der Waals surface area contributed by atoms with Crippen LogP contribution in [0, 0.1) is 45.9 Å². The zero-order valence-corrected chi connectivity index (χ0v) is 39.4. The van der Waals surface area contributed by atoms with Gasteiger partial charge in [-0.3, -0.25) is 0 Å². The van der Waals surface area contributed by atoms with Crippen LogP contribution in [-0.4, -0.2) is 13.2 Å². The minimum atomic E-state index is -0.796. The maximum Gasteiger partial charge on any atom is 0.159 e. The molecule has 6 rings (SSSR count). The van der Waals surface area contributed by atoms with Gasteiger partial charge in [-0.15, -0.1) is 0 Å². The lowest BCUT2D eigenvalue weighted by Gasteiger charge is -2.52. The van der Waals surface area contributed by atoms with E-state index in [0.717, 1.165) is 88.2 Å². The molecule has 0 atom stereocenters. The zero-order chi connectivity index (χ0) is 44.4. The molecule has 2 aromatic carbocycles. The highest BCUT2D eigenvalue weighted by Crippen LogP contribution is 2.59. The van der Waals surface area contributed by atoms with Gasteiger partial charge in [0.1, 0.15) is 0 Å². The predicted octanol–water partition coefficient (Wildman–Crippen LogP) is 17.9. The van der Waals surface area contributed by atoms with Crippen LogP contribution < -0.4 is 0 Å². The molecule has 0 unspecified atom stereocenters. The van der Waals surface area contributed by atoms with Crippen LogP contribution in [0.3, 0.4) is 0 Å². The lowest BCUT2D eigenvalue weighted by atomic mass is 9.51. The van der Waals surface area contributed by atoms with Crippen molar-refractivity contribution in [3.63, 3.8) is 0 Å². The first-order valence-corrected chi connectivity index (χ1v) is 26.0. The monoisotopic (exact) mass is 871 g/mol. The minimum absolute atomic E-state index is 0.0435. The maximum absolute atomic E-state index is 15.0. The highest BCUT2D eigenvalue weighted by Gasteiger charge is 2.51. The van der Waals surface area contributed by atoms with E-state index >= 15 is 8.78 Å². The summed E-state index contributed by atoms with van der Waals surface area (Å²) in [6.07, 6.45) is 52.4. The fourth-order valence-corrected chi connectivity index (χ4v) is 12.5. The third-order valence-corrected chi connectivity index (χ3v) is 16.2. The van der Waals surface area contributed by atoms with Gasteiger partial charge >= 0.3 is 0 Å². The molecule has 4 aliphatic rings. The molecule has 0 N–H and O–H groups in total. The molecule has 2 aromatic rings. The zero-order valence-electron chi connectivity index (χ0n) is 39.4. The molecule has 0 saturated heterocycles. The van der Waals surface area contributed by atoms with Gasteiger partial charge in [-0.2, -0.15) is 0 Å². The number of halogens is 4. The van der Waals surface area contributed by atoms with Crippen molar-refractivity contribution in [1.82, 2.24) is 0 Å². The normalized spacial score (nSPS) is 25.2. The van der Waals surface area contributed by atoms with E-state index in [0.29, 0.717) is 13.2 Å². The van der Waals surface area contributed by atoms with Gasteiger partial charge in [0.15, 0.2) is 23.3 Å². The van der Waals surface area contributed by atoms with Gasteiger partial charge < -0.3 is 4.74 Å². The van der Waals surface area contributed by atoms with Crippen LogP contribution >= 0.6 is 0 Å². The number of hydrogen-bond donors (Lipinski definition) is 0. The molecule has 5 heteroatoms. The molecule has 0 radical (unpaired) electrons. The summed E-state index contributed by atoms with van der Waals surface area (Å²) in [7, 11) is 0. The molecule has 2 fully saturated rings. The van der Waals surface area contributed by atoms with Crippen LogP contribution in [0.2, 0.25) is 0 Å². The average molecular weight is 871 g/mol. The van der Waals surface area contributed by atoms with Crippen LogP contribution in [0.4, 0.5) is 17.6 Å². The molecule has 0 aromatic heterocycles. The molecule has 348 valence electrons. The van der Waals surface area contributed by atoms with E-state index in [1.54, 1.807) is 0 Å². The fraction of sp³-hybridized carbons (Fsp3) is 0.655. The Kier molecular flexibility index (Phi) is 19.3. The number of rotatable bonds is 26. The van der Waals surface area contributed by atoms with E-state index in [1.807, 2.05) is 12.1 Å². The highest BCUT2D eigenvalue weighted by atomic mass is 19.2. The fourth-order valence-electron chi connectivity index (χ4n) is 12.5. The molecule has 0 spiro atoms. The van der Waals surface area contributed by atoms with Crippen molar-refractivity contribution in [2.75, 3.05) is 13.2 Å². The molecule has 63 heavy (non-hydrogen) atoms. The molecule has 1 nitrogen and oxygen atoms in total. The quantitative estimate of drug-likeness (QED) is 0.0520. The van der Waals surface area contributed by atoms with Crippen molar-refractivity contribution in [1.29, 1.82) is 0 Å². The van der Waals surface area contributed by atoms with Crippen molar-refractivity contribution < 1.29 is 22.3 Å². The summed E-state index contributed by atoms with van der Waals surface area (Å²) in [6, 6.07) is 9.19. The summed E-state index contributed by atoms with van der Waals surface area (Å²) < 4.78 is 65.4. The summed E-state index contributed by atoms with van der Waals surface area (Å²) in [5.41, 5.74) is 0.628. The Bertz CT molecular complexity index is 1630. The van der Waals surface area contributed by atoms with Crippen molar-refractivity contribution >= 4 is 0 Å². The van der Waals surface area contributed by atoms with Gasteiger partial charge in [0, 0.05) is 22.7 Å². The van der Waals surface area contributed by atoms with Crippen LogP contribution in [0.1, 0.15) is 205 Å². The second-order valence-corrected chi connectivity index (χ2v) is 20.4. The molecule has 0 aliphatic heterocycles. The Morgan fingerprint density at radius 1 is 0.429 bits per heavy atom. The van der Waals surface area contributed by atoms with E-state index in [1.165, 1.54) is 127 Å². The van der Waals surface area contributed by atoms with Crippen LogP contribution in [-0.2, 0) is 15.6 Å². The number of allylic oxidation sites excluding steroid dienone is 4. The SMILES string of the molecule is CCCCCCCCCCC1(C2(c3ccc(F)c(F)c3)C=CC(COCC3C=CC(c4ccc(F)c(F)c4)(C4(CCCCCCCCCC)CCCCC4)C=C3)C=C2)CCCCC1. The van der Waals surface area contributed by atoms with Crippen LogP contribution in [0.25, 0.3) is 0 Å². The third kappa shape index (κ3) is 12.3. The Morgan fingerprint density at radius 2 is 0.762 bits per heavy atom. The summed E-state index contributed by atoms with van der Waals surface area (Å²) in [5.74, 6) is -3.00. The highest BCUT2D eigenvalue weighted by molar-refractivity contribution is 5.46. The minimum Gasteiger partial charge on any atom is -0.380 e. The van der Waals surface area contributed by atoms with E-state index in [9.17, 15) is 8.78 Å². The van der Waals surface area contributed by atoms with Crippen LogP contribution in [0.5, 0.6) is 0 Å². The van der Waals surface area contributed by atoms with Gasteiger partial charge in [0.25, 0.3) is 0 Å². The first-order valence-electron chi connectivity index (χ1n) is 26.0. The average Bonchev–Trinajstić information content (AvgIpc) is 3.31. The molecule has 0 heterocycles. The smallest absolute Gasteiger partial charge is 0.159 e. The Labute approximate surface area is 380 Å². The van der Waals surface area contributed by atoms with E-state index in [-0.39, 0.29) is 22.7 Å². The van der Waals surface area contributed by atoms with E-state index in [2.05, 4.69) is 62.5 Å². The third-order valence-electron chi connectivity index (χ3n) is 16.2. The molecule has 0 amide bonds. The molecule has 4 aliphatic carbocycles. The predicted molar refractivity (Wildman–Crippen MR) is 256 cm³/mol. The molecule has 2 saturated carbocycles. The number of unbranched alkanes of at least 4 members (excludes halogenated alkanes) is 14. The number of benzene rings is 2. The Balaban J connectivity index is 1.13. The van der Waals surface area contributed by atoms with Gasteiger partial charge in [0.05, 0.1) is 13.2 Å². The van der Waals surface area contributed by atoms with Gasteiger partial charge in [-0.1, -0.05) is 216 Å². The van der Waals surface area contributed by atoms with Crippen molar-refractivity contribution in [3.05, 3.63) is 119 Å². The molecule has 0 bridgehead atoms. The lowest BCUT2D eigenvalue weighted by molar-refractivity contribution is 0.0920. The largest absolute Gasteiger partial charge is 0.380 e. The number of hydrogen-bond acceptors (Lipinski definition) is 1. The first-order chi connectivity index (χ1) is 30.7. The van der Waals surface area contributed by atoms with Gasteiger partial charge in [0.2, 0.25) is 0 Å². The first kappa shape index (κ1) is 49.5. The second kappa shape index (κ2) is 24.6. The lowest BCUT2D eigenvalue weighted by Crippen LogP contribution is -2.46. The van der Waals surface area contributed by atoms with E-state index in [4.69, 9.17) is 4.74 Å². The summed E-state index contributed by atoms with van der Waals surface area (Å²) in [4.78, 5) is 0. The van der Waals surface area contributed by atoms with Gasteiger partial charge in [-0.05, 0) is 84.7 Å². The second-order valence-electron chi connectivity index (χ2n) is 20.4. The van der Waals surface area contributed by atoms with Gasteiger partial charge in [-0.25, -0.2) is 17.6 Å². The topological polar surface area (TPSA) is 9.23 Å². The summed E-state index contributed by atoms with van der Waals surface area (Å²) in [5, 5.41) is 0. The van der Waals surface area contributed by atoms with Crippen molar-refractivity contribution in [3.8, 4) is 0 Å². The number of ether oxygens (including phenoxy) is 1. The van der Waals surface area contributed by atoms with Crippen molar-refractivity contribution in [2.24, 2.45) is 22.7 Å². The van der Waals surface area contributed by atoms with E-state index < -0.39 is 34.1 Å².